The van der Waals surface area contributed by atoms with E-state index in [1.165, 1.54) is 0 Å². The Morgan fingerprint density at radius 2 is 1.68 bits per heavy atom. The highest BCUT2D eigenvalue weighted by atomic mass is 16.6. The highest BCUT2D eigenvalue weighted by Gasteiger charge is 2.25. The second-order valence-electron chi connectivity index (χ2n) is 10.3. The molecule has 0 aliphatic heterocycles. The molecule has 0 spiro atoms. The van der Waals surface area contributed by atoms with E-state index in [1.807, 2.05) is 63.2 Å². The first-order valence-electron chi connectivity index (χ1n) is 12.5. The monoisotopic (exact) mass is 465 g/mol. The van der Waals surface area contributed by atoms with Gasteiger partial charge in [-0.3, -0.25) is 4.79 Å². The molecule has 34 heavy (non-hydrogen) atoms. The molecule has 1 amide bonds. The van der Waals surface area contributed by atoms with E-state index in [2.05, 4.69) is 11.4 Å². The van der Waals surface area contributed by atoms with Crippen LogP contribution >= 0.6 is 0 Å². The number of ether oxygens (including phenoxy) is 2. The van der Waals surface area contributed by atoms with Crippen LogP contribution < -0.4 is 10.1 Å². The van der Waals surface area contributed by atoms with E-state index >= 15 is 0 Å². The predicted molar refractivity (Wildman–Crippen MR) is 136 cm³/mol. The molecule has 5 heteroatoms. The third-order valence-corrected chi connectivity index (χ3v) is 6.37. The first-order chi connectivity index (χ1) is 16.2. The minimum atomic E-state index is -0.519. The van der Waals surface area contributed by atoms with E-state index < -0.39 is 5.60 Å². The normalized spacial score (nSPS) is 19.8. The molecule has 0 fully saturated rings. The third kappa shape index (κ3) is 7.89. The van der Waals surface area contributed by atoms with Gasteiger partial charge in [0.2, 0.25) is 0 Å². The van der Waals surface area contributed by atoms with Crippen molar-refractivity contribution in [1.82, 2.24) is 5.32 Å². The van der Waals surface area contributed by atoms with Crippen molar-refractivity contribution >= 4 is 11.9 Å². The molecule has 0 saturated carbocycles. The van der Waals surface area contributed by atoms with Gasteiger partial charge in [0.15, 0.2) is 5.78 Å². The van der Waals surface area contributed by atoms with E-state index in [1.54, 1.807) is 7.11 Å². The molecule has 0 bridgehead atoms. The maximum atomic E-state index is 13.7. The Kier molecular flexibility index (Phi) is 9.14. The molecule has 184 valence electrons. The van der Waals surface area contributed by atoms with Crippen molar-refractivity contribution in [2.75, 3.05) is 7.11 Å². The molecule has 1 N–H and O–H groups in total. The van der Waals surface area contributed by atoms with Crippen molar-refractivity contribution in [1.29, 1.82) is 0 Å². The number of hydrogen-bond donors (Lipinski definition) is 1. The zero-order valence-electron chi connectivity index (χ0n) is 21.1. The Morgan fingerprint density at radius 3 is 2.38 bits per heavy atom. The molecular formula is C29H39NO4. The SMILES string of the molecule is COc1ccc(CC2CCCC(NC(=O)OC(C)(C)C)CCCCc3ccccc3C2=O)cc1. The number of carbonyl (C=O) groups is 2. The number of rotatable bonds is 4. The lowest BCUT2D eigenvalue weighted by Crippen LogP contribution is -2.39. The van der Waals surface area contributed by atoms with Gasteiger partial charge in [0, 0.05) is 17.5 Å². The molecule has 2 unspecified atom stereocenters. The summed E-state index contributed by atoms with van der Waals surface area (Å²) < 4.78 is 10.8. The zero-order chi connectivity index (χ0) is 24.6. The maximum Gasteiger partial charge on any atom is 0.407 e. The number of Topliss-reactive ketones (excluding diaryl/α,β-unsaturated/α-hetero) is 1. The number of fused-ring (bicyclic) bond motifs is 1. The number of hydrogen-bond acceptors (Lipinski definition) is 4. The van der Waals surface area contributed by atoms with Gasteiger partial charge in [0.1, 0.15) is 11.4 Å². The fraction of sp³-hybridized carbons (Fsp3) is 0.517. The number of methoxy groups -OCH3 is 1. The Hall–Kier alpha value is -2.82. The summed E-state index contributed by atoms with van der Waals surface area (Å²) >= 11 is 0. The second-order valence-corrected chi connectivity index (χ2v) is 10.3. The minimum Gasteiger partial charge on any atom is -0.497 e. The largest absolute Gasteiger partial charge is 0.497 e. The third-order valence-electron chi connectivity index (χ3n) is 6.37. The Labute approximate surface area is 204 Å². The van der Waals surface area contributed by atoms with Crippen LogP contribution in [0, 0.1) is 5.92 Å². The van der Waals surface area contributed by atoms with Gasteiger partial charge in [-0.15, -0.1) is 0 Å². The maximum absolute atomic E-state index is 13.7. The van der Waals surface area contributed by atoms with Gasteiger partial charge in [0.25, 0.3) is 0 Å². The minimum absolute atomic E-state index is 0.0567. The van der Waals surface area contributed by atoms with E-state index in [0.717, 1.165) is 67.4 Å². The average Bonchev–Trinajstić information content (AvgIpc) is 2.79. The zero-order valence-corrected chi connectivity index (χ0v) is 21.1. The molecule has 2 aromatic carbocycles. The number of alkyl carbamates (subject to hydrolysis) is 1. The Balaban J connectivity index is 1.77. The van der Waals surface area contributed by atoms with Gasteiger partial charge >= 0.3 is 6.09 Å². The number of aryl methyl sites for hydroxylation is 1. The van der Waals surface area contributed by atoms with E-state index in [-0.39, 0.29) is 23.8 Å². The van der Waals surface area contributed by atoms with Crippen molar-refractivity contribution < 1.29 is 19.1 Å². The van der Waals surface area contributed by atoms with Crippen molar-refractivity contribution in [3.63, 3.8) is 0 Å². The summed E-state index contributed by atoms with van der Waals surface area (Å²) in [6.07, 6.45) is 6.60. The Morgan fingerprint density at radius 1 is 0.971 bits per heavy atom. The summed E-state index contributed by atoms with van der Waals surface area (Å²) in [5.41, 5.74) is 2.61. The summed E-state index contributed by atoms with van der Waals surface area (Å²) in [5.74, 6) is 0.940. The van der Waals surface area contributed by atoms with Gasteiger partial charge in [0.05, 0.1) is 7.11 Å². The van der Waals surface area contributed by atoms with Crippen LogP contribution in [-0.4, -0.2) is 30.6 Å². The lowest BCUT2D eigenvalue weighted by molar-refractivity contribution is 0.0496. The van der Waals surface area contributed by atoms with Gasteiger partial charge < -0.3 is 14.8 Å². The lowest BCUT2D eigenvalue weighted by atomic mass is 9.83. The molecule has 5 nitrogen and oxygen atoms in total. The molecule has 0 aromatic heterocycles. The lowest BCUT2D eigenvalue weighted by Gasteiger charge is -2.25. The first-order valence-corrected chi connectivity index (χ1v) is 12.5. The fourth-order valence-corrected chi connectivity index (χ4v) is 4.65. The van der Waals surface area contributed by atoms with Gasteiger partial charge in [-0.1, -0.05) is 49.2 Å². The molecule has 2 atom stereocenters. The molecule has 2 aromatic rings. The van der Waals surface area contributed by atoms with E-state index in [9.17, 15) is 9.59 Å². The summed E-state index contributed by atoms with van der Waals surface area (Å²) in [5, 5.41) is 3.07. The summed E-state index contributed by atoms with van der Waals surface area (Å²) in [4.78, 5) is 26.1. The van der Waals surface area contributed by atoms with Crippen molar-refractivity contribution in [3.05, 3.63) is 65.2 Å². The average molecular weight is 466 g/mol. The number of carbonyl (C=O) groups excluding carboxylic acids is 2. The number of benzene rings is 2. The van der Waals surface area contributed by atoms with Crippen LogP contribution in [0.15, 0.2) is 48.5 Å². The number of ketones is 1. The summed E-state index contributed by atoms with van der Waals surface area (Å²) in [6, 6.07) is 16.1. The predicted octanol–water partition coefficient (Wildman–Crippen LogP) is 6.53. The van der Waals surface area contributed by atoms with Crippen LogP contribution in [0.2, 0.25) is 0 Å². The smallest absolute Gasteiger partial charge is 0.407 e. The first kappa shape index (κ1) is 25.8. The number of amides is 1. The molecule has 3 rings (SSSR count). The van der Waals surface area contributed by atoms with Gasteiger partial charge in [-0.2, -0.15) is 0 Å². The molecule has 0 radical (unpaired) electrons. The van der Waals surface area contributed by atoms with Crippen LogP contribution in [0.25, 0.3) is 0 Å². The van der Waals surface area contributed by atoms with Crippen LogP contribution in [-0.2, 0) is 17.6 Å². The van der Waals surface area contributed by atoms with Crippen molar-refractivity contribution in [3.8, 4) is 5.75 Å². The highest BCUT2D eigenvalue weighted by Crippen LogP contribution is 2.26. The van der Waals surface area contributed by atoms with Crippen molar-refractivity contribution in [2.45, 2.75) is 83.8 Å². The van der Waals surface area contributed by atoms with E-state index in [0.29, 0.717) is 6.42 Å². The second kappa shape index (κ2) is 12.0. The molecule has 1 aliphatic rings. The van der Waals surface area contributed by atoms with Crippen LogP contribution in [0.3, 0.4) is 0 Å². The van der Waals surface area contributed by atoms with Crippen LogP contribution in [0.4, 0.5) is 4.79 Å². The standard InChI is InChI=1S/C29H39NO4/c1-29(2,3)34-28(32)30-24-13-7-5-10-22-11-6-8-15-26(22)27(31)23(12-9-14-24)20-21-16-18-25(33-4)19-17-21/h6,8,11,15-19,23-24H,5,7,9-10,12-14,20H2,1-4H3,(H,30,32). The Bertz CT molecular complexity index is 945. The summed E-state index contributed by atoms with van der Waals surface area (Å²) in [6.45, 7) is 5.63. The quantitative estimate of drug-likeness (QED) is 0.558. The van der Waals surface area contributed by atoms with Crippen molar-refractivity contribution in [2.24, 2.45) is 5.92 Å². The van der Waals surface area contributed by atoms with Gasteiger partial charge in [-0.05, 0) is 82.6 Å². The topological polar surface area (TPSA) is 64.6 Å². The highest BCUT2D eigenvalue weighted by molar-refractivity contribution is 5.99. The fourth-order valence-electron chi connectivity index (χ4n) is 4.65. The molecular weight excluding hydrogens is 426 g/mol. The molecule has 1 aliphatic carbocycles. The summed E-state index contributed by atoms with van der Waals surface area (Å²) in [7, 11) is 1.66. The number of nitrogens with one attached hydrogen (secondary N) is 1. The van der Waals surface area contributed by atoms with E-state index in [4.69, 9.17) is 9.47 Å². The molecule has 0 heterocycles. The van der Waals surface area contributed by atoms with Gasteiger partial charge in [-0.25, -0.2) is 4.79 Å². The van der Waals surface area contributed by atoms with Crippen LogP contribution in [0.1, 0.15) is 80.8 Å². The molecule has 0 saturated heterocycles. The van der Waals surface area contributed by atoms with Crippen LogP contribution in [0.5, 0.6) is 5.75 Å².